The summed E-state index contributed by atoms with van der Waals surface area (Å²) >= 11 is 0. The maximum absolute atomic E-state index is 13.6. The van der Waals surface area contributed by atoms with Gasteiger partial charge < -0.3 is 5.32 Å². The monoisotopic (exact) mass is 252 g/mol. The van der Waals surface area contributed by atoms with Crippen molar-refractivity contribution in [2.24, 2.45) is 0 Å². The van der Waals surface area contributed by atoms with Gasteiger partial charge in [-0.15, -0.1) is 0 Å². The van der Waals surface area contributed by atoms with E-state index in [0.29, 0.717) is 0 Å². The highest BCUT2D eigenvalue weighted by Gasteiger charge is 2.13. The van der Waals surface area contributed by atoms with Crippen molar-refractivity contribution in [1.29, 1.82) is 5.26 Å². The zero-order chi connectivity index (χ0) is 13.5. The van der Waals surface area contributed by atoms with E-state index < -0.39 is 11.6 Å². The number of anilines is 1. The molecule has 0 saturated carbocycles. The predicted molar refractivity (Wildman–Crippen MR) is 68.3 cm³/mol. The van der Waals surface area contributed by atoms with E-state index in [1.165, 1.54) is 0 Å². The molecule has 2 nitrogen and oxygen atoms in total. The van der Waals surface area contributed by atoms with Crippen molar-refractivity contribution in [3.63, 3.8) is 0 Å². The predicted octanol–water partition coefficient (Wildman–Crippen LogP) is 4.22. The molecule has 0 saturated heterocycles. The first-order valence-electron chi connectivity index (χ1n) is 6.24. The van der Waals surface area contributed by atoms with Crippen LogP contribution in [0.15, 0.2) is 12.1 Å². The minimum absolute atomic E-state index is 0.00538. The lowest BCUT2D eigenvalue weighted by Crippen LogP contribution is -2.17. The molecule has 0 fully saturated rings. The number of hydrogen-bond donors (Lipinski definition) is 1. The third kappa shape index (κ3) is 3.99. The van der Waals surface area contributed by atoms with Crippen LogP contribution in [0.4, 0.5) is 14.5 Å². The summed E-state index contributed by atoms with van der Waals surface area (Å²) in [5.41, 5.74) is -0.146. The van der Waals surface area contributed by atoms with E-state index in [9.17, 15) is 8.78 Å². The first kappa shape index (κ1) is 14.4. The van der Waals surface area contributed by atoms with Gasteiger partial charge in [0.25, 0.3) is 0 Å². The van der Waals surface area contributed by atoms with Gasteiger partial charge in [0, 0.05) is 6.04 Å². The van der Waals surface area contributed by atoms with Gasteiger partial charge in [-0.2, -0.15) is 5.26 Å². The molecule has 0 aliphatic rings. The Kier molecular flexibility index (Phi) is 5.57. The number of halogens is 2. The lowest BCUT2D eigenvalue weighted by molar-refractivity contribution is 0.570. The average Bonchev–Trinajstić information content (AvgIpc) is 2.34. The van der Waals surface area contributed by atoms with Crippen LogP contribution in [-0.4, -0.2) is 6.04 Å². The van der Waals surface area contributed by atoms with Crippen LogP contribution in [0.5, 0.6) is 0 Å². The molecule has 4 heteroatoms. The quantitative estimate of drug-likeness (QED) is 0.769. The molecule has 0 bridgehead atoms. The molecule has 98 valence electrons. The molecule has 1 aromatic rings. The Hall–Kier alpha value is -1.63. The Bertz CT molecular complexity index is 415. The highest BCUT2D eigenvalue weighted by Crippen LogP contribution is 2.22. The second kappa shape index (κ2) is 6.95. The van der Waals surface area contributed by atoms with Gasteiger partial charge in [-0.25, -0.2) is 8.78 Å². The molecule has 0 heterocycles. The minimum Gasteiger partial charge on any atom is -0.378 e. The largest absolute Gasteiger partial charge is 0.378 e. The van der Waals surface area contributed by atoms with E-state index in [-0.39, 0.29) is 17.3 Å². The van der Waals surface area contributed by atoms with E-state index in [1.807, 2.05) is 6.92 Å². The Labute approximate surface area is 107 Å². The average molecular weight is 252 g/mol. The van der Waals surface area contributed by atoms with Crippen molar-refractivity contribution in [3.05, 3.63) is 29.3 Å². The fourth-order valence-electron chi connectivity index (χ4n) is 1.79. The molecule has 0 aliphatic carbocycles. The first-order valence-corrected chi connectivity index (χ1v) is 6.24. The summed E-state index contributed by atoms with van der Waals surface area (Å²) in [6.07, 6.45) is 4.13. The Morgan fingerprint density at radius 3 is 2.39 bits per heavy atom. The molecule has 0 aromatic heterocycles. The fourth-order valence-corrected chi connectivity index (χ4v) is 1.79. The molecule has 1 rings (SSSR count). The number of unbranched alkanes of at least 4 members (excludes halogenated alkanes) is 2. The van der Waals surface area contributed by atoms with Crippen LogP contribution in [0.1, 0.15) is 45.1 Å². The highest BCUT2D eigenvalue weighted by molar-refractivity contribution is 5.50. The van der Waals surface area contributed by atoms with Gasteiger partial charge in [-0.1, -0.05) is 26.2 Å². The van der Waals surface area contributed by atoms with E-state index in [4.69, 9.17) is 5.26 Å². The second-order valence-electron chi connectivity index (χ2n) is 4.47. The lowest BCUT2D eigenvalue weighted by Gasteiger charge is -2.16. The van der Waals surface area contributed by atoms with Crippen LogP contribution in [0, 0.1) is 23.0 Å². The summed E-state index contributed by atoms with van der Waals surface area (Å²) in [5, 5.41) is 11.4. The summed E-state index contributed by atoms with van der Waals surface area (Å²) in [4.78, 5) is 0. The van der Waals surface area contributed by atoms with E-state index >= 15 is 0 Å². The molecule has 1 N–H and O–H groups in total. The maximum Gasteiger partial charge on any atom is 0.150 e. The van der Waals surface area contributed by atoms with Gasteiger partial charge in [0.05, 0.1) is 11.6 Å². The smallest absolute Gasteiger partial charge is 0.150 e. The van der Waals surface area contributed by atoms with E-state index in [2.05, 4.69) is 12.2 Å². The number of nitrogens with one attached hydrogen (secondary N) is 1. The summed E-state index contributed by atoms with van der Waals surface area (Å²) in [5.74, 6) is -1.43. The normalized spacial score (nSPS) is 11.9. The van der Waals surface area contributed by atoms with Crippen molar-refractivity contribution in [1.82, 2.24) is 0 Å². The molecular weight excluding hydrogens is 234 g/mol. The van der Waals surface area contributed by atoms with Gasteiger partial charge >= 0.3 is 0 Å². The van der Waals surface area contributed by atoms with Crippen LogP contribution in [0.3, 0.4) is 0 Å². The number of nitriles is 1. The summed E-state index contributed by atoms with van der Waals surface area (Å²) < 4.78 is 27.2. The van der Waals surface area contributed by atoms with E-state index in [1.54, 1.807) is 6.07 Å². The van der Waals surface area contributed by atoms with Gasteiger partial charge in [0.15, 0.2) is 11.6 Å². The zero-order valence-corrected chi connectivity index (χ0v) is 10.8. The summed E-state index contributed by atoms with van der Waals surface area (Å²) in [7, 11) is 0. The van der Waals surface area contributed by atoms with Gasteiger partial charge in [-0.3, -0.25) is 0 Å². The number of nitrogens with zero attached hydrogens (tertiary/aromatic N) is 1. The molecule has 0 aliphatic heterocycles. The van der Waals surface area contributed by atoms with Crippen molar-refractivity contribution in [2.45, 2.75) is 45.6 Å². The molecule has 1 unspecified atom stereocenters. The third-order valence-electron chi connectivity index (χ3n) is 2.80. The SMILES string of the molecule is CCCCCC(C)Nc1c(F)cc(C#N)cc1F. The second-order valence-corrected chi connectivity index (χ2v) is 4.47. The maximum atomic E-state index is 13.6. The van der Waals surface area contributed by atoms with Crippen LogP contribution < -0.4 is 5.32 Å². The summed E-state index contributed by atoms with van der Waals surface area (Å²) in [6.45, 7) is 4.00. The Morgan fingerprint density at radius 1 is 1.28 bits per heavy atom. The zero-order valence-electron chi connectivity index (χ0n) is 10.8. The van der Waals surface area contributed by atoms with Gasteiger partial charge in [0.1, 0.15) is 5.69 Å². The van der Waals surface area contributed by atoms with E-state index in [0.717, 1.165) is 37.8 Å². The first-order chi connectivity index (χ1) is 8.58. The fraction of sp³-hybridized carbons (Fsp3) is 0.500. The van der Waals surface area contributed by atoms with Crippen molar-refractivity contribution in [2.75, 3.05) is 5.32 Å². The number of benzene rings is 1. The molecule has 0 amide bonds. The lowest BCUT2D eigenvalue weighted by atomic mass is 10.1. The Morgan fingerprint density at radius 2 is 1.89 bits per heavy atom. The Balaban J connectivity index is 2.70. The van der Waals surface area contributed by atoms with Gasteiger partial charge in [-0.05, 0) is 25.5 Å². The van der Waals surface area contributed by atoms with Crippen molar-refractivity contribution in [3.8, 4) is 6.07 Å². The highest BCUT2D eigenvalue weighted by atomic mass is 19.1. The molecular formula is C14H18F2N2. The van der Waals surface area contributed by atoms with Crippen LogP contribution in [0.2, 0.25) is 0 Å². The molecule has 1 atom stereocenters. The number of rotatable bonds is 6. The van der Waals surface area contributed by atoms with Crippen LogP contribution in [0.25, 0.3) is 0 Å². The van der Waals surface area contributed by atoms with Gasteiger partial charge in [0.2, 0.25) is 0 Å². The third-order valence-corrected chi connectivity index (χ3v) is 2.80. The molecule has 0 spiro atoms. The molecule has 18 heavy (non-hydrogen) atoms. The molecule has 1 aromatic carbocycles. The minimum atomic E-state index is -0.714. The topological polar surface area (TPSA) is 35.8 Å². The molecule has 0 radical (unpaired) electrons. The van der Waals surface area contributed by atoms with Crippen LogP contribution >= 0.6 is 0 Å². The number of hydrogen-bond acceptors (Lipinski definition) is 2. The van der Waals surface area contributed by atoms with Crippen LogP contribution in [-0.2, 0) is 0 Å². The summed E-state index contributed by atoms with van der Waals surface area (Å²) in [6, 6.07) is 3.82. The standard InChI is InChI=1S/C14H18F2N2/c1-3-4-5-6-10(2)18-14-12(15)7-11(9-17)8-13(14)16/h7-8,10,18H,3-6H2,1-2H3. The van der Waals surface area contributed by atoms with Crippen molar-refractivity contribution < 1.29 is 8.78 Å². The van der Waals surface area contributed by atoms with Crippen molar-refractivity contribution >= 4 is 5.69 Å².